The monoisotopic (exact) mass is 201 g/mol. The number of nitrogens with zero attached hydrogens (tertiary/aromatic N) is 3. The average molecular weight is 201 g/mol. The van der Waals surface area contributed by atoms with Crippen LogP contribution in [-0.2, 0) is 0 Å². The summed E-state index contributed by atoms with van der Waals surface area (Å²) in [5.74, 6) is 0. The molecule has 1 aliphatic heterocycles. The highest BCUT2D eigenvalue weighted by Crippen LogP contribution is 2.18. The fraction of sp³-hybridized carbons (Fsp3) is 1.00. The van der Waals surface area contributed by atoms with Crippen molar-refractivity contribution in [2.45, 2.75) is 45.8 Å². The van der Waals surface area contributed by atoms with E-state index in [4.69, 9.17) is 0 Å². The molecule has 1 aliphatic rings. The Morgan fingerprint density at radius 3 is 1.71 bits per heavy atom. The predicted molar refractivity (Wildman–Crippen MR) is 54.5 cm³/mol. The van der Waals surface area contributed by atoms with E-state index in [-0.39, 0.29) is 4.92 Å². The molecule has 0 N–H and O–H groups in total. The van der Waals surface area contributed by atoms with Crippen LogP contribution in [0.25, 0.3) is 0 Å². The van der Waals surface area contributed by atoms with Gasteiger partial charge in [0.25, 0.3) is 0 Å². The molecule has 5 heteroatoms. The Morgan fingerprint density at radius 2 is 1.50 bits per heavy atom. The third kappa shape index (κ3) is 2.22. The lowest BCUT2D eigenvalue weighted by atomic mass is 10.3. The summed E-state index contributed by atoms with van der Waals surface area (Å²) in [6, 6.07) is 0.240. The highest BCUT2D eigenvalue weighted by molar-refractivity contribution is 4.80. The van der Waals surface area contributed by atoms with Gasteiger partial charge in [-0.05, 0) is 27.7 Å². The highest BCUT2D eigenvalue weighted by Gasteiger charge is 2.39. The lowest BCUT2D eigenvalue weighted by molar-refractivity contribution is -0.515. The Kier molecular flexibility index (Phi) is 3.44. The van der Waals surface area contributed by atoms with Crippen molar-refractivity contribution in [2.24, 2.45) is 0 Å². The first-order valence-corrected chi connectivity index (χ1v) is 5.10. The zero-order chi connectivity index (χ0) is 10.9. The van der Waals surface area contributed by atoms with Crippen molar-refractivity contribution < 1.29 is 4.92 Å². The minimum atomic E-state index is -0.431. The van der Waals surface area contributed by atoms with Gasteiger partial charge in [0.15, 0.2) is 0 Å². The lowest BCUT2D eigenvalue weighted by Gasteiger charge is -2.33. The third-order valence-electron chi connectivity index (χ3n) is 2.62. The van der Waals surface area contributed by atoms with Crippen LogP contribution in [0.1, 0.15) is 27.7 Å². The smallest absolute Gasteiger partial charge is 0.240 e. The Labute approximate surface area is 84.8 Å². The van der Waals surface area contributed by atoms with E-state index in [0.29, 0.717) is 25.2 Å². The number of nitro groups is 1. The first-order valence-electron chi connectivity index (χ1n) is 5.10. The quantitative estimate of drug-likeness (QED) is 0.504. The Morgan fingerprint density at radius 1 is 1.14 bits per heavy atom. The molecule has 1 fully saturated rings. The van der Waals surface area contributed by atoms with Crippen LogP contribution in [-0.4, -0.2) is 46.2 Å². The van der Waals surface area contributed by atoms with E-state index in [2.05, 4.69) is 37.7 Å². The van der Waals surface area contributed by atoms with Crippen molar-refractivity contribution in [3.8, 4) is 0 Å². The van der Waals surface area contributed by atoms with Gasteiger partial charge in [-0.1, -0.05) is 0 Å². The van der Waals surface area contributed by atoms with Gasteiger partial charge in [-0.3, -0.25) is 10.1 Å². The maximum absolute atomic E-state index is 10.7. The molecule has 0 atom stereocenters. The van der Waals surface area contributed by atoms with Crippen LogP contribution in [0.15, 0.2) is 0 Å². The van der Waals surface area contributed by atoms with Crippen molar-refractivity contribution in [1.82, 2.24) is 10.0 Å². The van der Waals surface area contributed by atoms with E-state index in [9.17, 15) is 10.1 Å². The second-order valence-corrected chi connectivity index (χ2v) is 4.37. The third-order valence-corrected chi connectivity index (χ3v) is 2.62. The van der Waals surface area contributed by atoms with Crippen LogP contribution < -0.4 is 0 Å². The van der Waals surface area contributed by atoms with Gasteiger partial charge in [0.2, 0.25) is 6.04 Å². The van der Waals surface area contributed by atoms with Gasteiger partial charge in [-0.15, -0.1) is 0 Å². The summed E-state index contributed by atoms with van der Waals surface area (Å²) in [6.45, 7) is 9.36. The Bertz CT molecular complexity index is 202. The first-order chi connectivity index (χ1) is 6.43. The second kappa shape index (κ2) is 4.23. The molecule has 82 valence electrons. The summed E-state index contributed by atoms with van der Waals surface area (Å²) >= 11 is 0. The molecule has 0 spiro atoms. The molecule has 1 rings (SSSR count). The van der Waals surface area contributed by atoms with Crippen LogP contribution in [0, 0.1) is 10.1 Å². The van der Waals surface area contributed by atoms with Crippen LogP contribution in [0.3, 0.4) is 0 Å². The maximum Gasteiger partial charge on any atom is 0.240 e. The molecule has 0 aromatic heterocycles. The summed E-state index contributed by atoms with van der Waals surface area (Å²) in [4.78, 5) is 10.5. The topological polar surface area (TPSA) is 49.6 Å². The standard InChI is InChI=1S/C9H19N3O2/c1-7(2)10-5-9(12(13)14)6-11(10)8(3)4/h7-9H,5-6H2,1-4H3. The van der Waals surface area contributed by atoms with E-state index in [1.54, 1.807) is 0 Å². The normalized spacial score (nSPS) is 21.3. The molecule has 5 nitrogen and oxygen atoms in total. The highest BCUT2D eigenvalue weighted by atomic mass is 16.6. The van der Waals surface area contributed by atoms with Crippen molar-refractivity contribution in [3.63, 3.8) is 0 Å². The van der Waals surface area contributed by atoms with Crippen LogP contribution in [0.2, 0.25) is 0 Å². The van der Waals surface area contributed by atoms with Gasteiger partial charge in [0, 0.05) is 17.0 Å². The first kappa shape index (κ1) is 11.4. The molecular formula is C9H19N3O2. The summed E-state index contributed by atoms with van der Waals surface area (Å²) in [5, 5.41) is 14.9. The zero-order valence-electron chi connectivity index (χ0n) is 9.30. The van der Waals surface area contributed by atoms with E-state index in [1.165, 1.54) is 0 Å². The van der Waals surface area contributed by atoms with Crippen molar-refractivity contribution in [1.29, 1.82) is 0 Å². The minimum absolute atomic E-state index is 0.169. The zero-order valence-corrected chi connectivity index (χ0v) is 9.30. The van der Waals surface area contributed by atoms with Gasteiger partial charge in [0.1, 0.15) is 0 Å². The summed E-state index contributed by atoms with van der Waals surface area (Å²) in [6.07, 6.45) is 0. The van der Waals surface area contributed by atoms with Gasteiger partial charge in [-0.2, -0.15) is 0 Å². The van der Waals surface area contributed by atoms with Crippen molar-refractivity contribution in [2.75, 3.05) is 13.1 Å². The molecule has 0 aromatic carbocycles. The predicted octanol–water partition coefficient (Wildman–Crippen LogP) is 0.981. The van der Waals surface area contributed by atoms with Gasteiger partial charge in [0.05, 0.1) is 13.1 Å². The maximum atomic E-state index is 10.7. The number of rotatable bonds is 3. The molecule has 0 radical (unpaired) electrons. The Hall–Kier alpha value is -0.680. The molecule has 0 saturated carbocycles. The SMILES string of the molecule is CC(C)N1CC([N+](=O)[O-])CN1C(C)C. The largest absolute Gasteiger partial charge is 0.264 e. The second-order valence-electron chi connectivity index (χ2n) is 4.37. The number of hydrogen-bond donors (Lipinski definition) is 0. The van der Waals surface area contributed by atoms with E-state index in [1.807, 2.05) is 0 Å². The molecule has 1 heterocycles. The molecule has 0 bridgehead atoms. The van der Waals surface area contributed by atoms with Gasteiger partial charge < -0.3 is 0 Å². The van der Waals surface area contributed by atoms with Crippen LogP contribution >= 0.6 is 0 Å². The lowest BCUT2D eigenvalue weighted by Crippen LogP contribution is -2.44. The molecule has 0 amide bonds. The molecule has 0 aromatic rings. The summed E-state index contributed by atoms with van der Waals surface area (Å²) < 4.78 is 0. The molecular weight excluding hydrogens is 182 g/mol. The fourth-order valence-electron chi connectivity index (χ4n) is 1.85. The Balaban J connectivity index is 2.70. The van der Waals surface area contributed by atoms with Crippen molar-refractivity contribution in [3.05, 3.63) is 10.1 Å². The number of hydrazine groups is 1. The molecule has 14 heavy (non-hydrogen) atoms. The molecule has 1 saturated heterocycles. The molecule has 0 unspecified atom stereocenters. The van der Waals surface area contributed by atoms with E-state index in [0.717, 1.165) is 0 Å². The van der Waals surface area contributed by atoms with Gasteiger partial charge in [-0.25, -0.2) is 10.0 Å². The van der Waals surface area contributed by atoms with Gasteiger partial charge >= 0.3 is 0 Å². The van der Waals surface area contributed by atoms with E-state index >= 15 is 0 Å². The van der Waals surface area contributed by atoms with E-state index < -0.39 is 6.04 Å². The molecule has 0 aliphatic carbocycles. The van der Waals surface area contributed by atoms with Crippen LogP contribution in [0.5, 0.6) is 0 Å². The van der Waals surface area contributed by atoms with Crippen molar-refractivity contribution >= 4 is 0 Å². The summed E-state index contributed by atoms with van der Waals surface area (Å²) in [5.41, 5.74) is 0. The fourth-order valence-corrected chi connectivity index (χ4v) is 1.85. The number of hydrogen-bond acceptors (Lipinski definition) is 4. The van der Waals surface area contributed by atoms with Crippen LogP contribution in [0.4, 0.5) is 0 Å². The average Bonchev–Trinajstić information content (AvgIpc) is 2.47. The summed E-state index contributed by atoms with van der Waals surface area (Å²) in [7, 11) is 0. The minimum Gasteiger partial charge on any atom is -0.264 e.